The van der Waals surface area contributed by atoms with Crippen molar-refractivity contribution in [3.8, 4) is 5.75 Å². The van der Waals surface area contributed by atoms with Crippen molar-refractivity contribution in [3.05, 3.63) is 48.5 Å². The second-order valence-corrected chi connectivity index (χ2v) is 6.28. The van der Waals surface area contributed by atoms with Crippen LogP contribution in [-0.2, 0) is 4.79 Å². The van der Waals surface area contributed by atoms with Crippen LogP contribution in [0.5, 0.6) is 5.75 Å². The number of benzene rings is 2. The van der Waals surface area contributed by atoms with Gasteiger partial charge in [-0.15, -0.1) is 0 Å². The van der Waals surface area contributed by atoms with Crippen LogP contribution in [0.1, 0.15) is 6.92 Å². The maximum atomic E-state index is 12.6. The van der Waals surface area contributed by atoms with E-state index in [9.17, 15) is 9.59 Å². The second-order valence-electron chi connectivity index (χ2n) is 5.29. The summed E-state index contributed by atoms with van der Waals surface area (Å²) in [4.78, 5) is 25.9. The van der Waals surface area contributed by atoms with E-state index in [-0.39, 0.29) is 6.03 Å². The molecule has 1 aliphatic rings. The van der Waals surface area contributed by atoms with E-state index in [2.05, 4.69) is 0 Å². The van der Waals surface area contributed by atoms with Gasteiger partial charge in [0, 0.05) is 13.1 Å². The van der Waals surface area contributed by atoms with Gasteiger partial charge in [0.1, 0.15) is 5.75 Å². The van der Waals surface area contributed by atoms with Crippen LogP contribution in [0, 0.1) is 0 Å². The average molecular weight is 344 g/mol. The predicted molar refractivity (Wildman–Crippen MR) is 92.7 cm³/mol. The quantitative estimate of drug-likeness (QED) is 0.858. The molecule has 0 spiro atoms. The summed E-state index contributed by atoms with van der Waals surface area (Å²) in [5.74, 6) is -0.626. The first-order valence-electron chi connectivity index (χ1n) is 7.31. The summed E-state index contributed by atoms with van der Waals surface area (Å²) in [6, 6.07) is 14.4. The number of carboxylic acid groups (broad SMARTS) is 1. The third-order valence-electron chi connectivity index (χ3n) is 3.59. The Morgan fingerprint density at radius 3 is 2.58 bits per heavy atom. The second kappa shape index (κ2) is 6.45. The van der Waals surface area contributed by atoms with Gasteiger partial charge in [-0.25, -0.2) is 13.9 Å². The van der Waals surface area contributed by atoms with E-state index in [4.69, 9.17) is 9.84 Å². The van der Waals surface area contributed by atoms with Crippen molar-refractivity contribution in [3.63, 3.8) is 0 Å². The van der Waals surface area contributed by atoms with Crippen molar-refractivity contribution in [2.24, 2.45) is 0 Å². The fraction of sp³-hybridized carbons (Fsp3) is 0.176. The summed E-state index contributed by atoms with van der Waals surface area (Å²) in [5.41, 5.74) is 1.48. The van der Waals surface area contributed by atoms with Crippen molar-refractivity contribution in [2.75, 3.05) is 16.3 Å². The van der Waals surface area contributed by atoms with Crippen molar-refractivity contribution >= 4 is 35.3 Å². The van der Waals surface area contributed by atoms with Crippen LogP contribution in [0.3, 0.4) is 0 Å². The zero-order chi connectivity index (χ0) is 17.3. The number of amides is 2. The van der Waals surface area contributed by atoms with Gasteiger partial charge in [0.15, 0.2) is 6.10 Å². The zero-order valence-corrected chi connectivity index (χ0v) is 14.0. The van der Waals surface area contributed by atoms with Gasteiger partial charge in [0.25, 0.3) is 0 Å². The smallest absolute Gasteiger partial charge is 0.344 e. The Hall–Kier alpha value is -2.67. The molecule has 6 nitrogen and oxygen atoms in total. The molecular weight excluding hydrogens is 328 g/mol. The van der Waals surface area contributed by atoms with Crippen LogP contribution in [0.2, 0.25) is 0 Å². The van der Waals surface area contributed by atoms with Gasteiger partial charge in [-0.3, -0.25) is 4.90 Å². The van der Waals surface area contributed by atoms with Crippen molar-refractivity contribution in [1.82, 2.24) is 0 Å². The summed E-state index contributed by atoms with van der Waals surface area (Å²) in [6.07, 6.45) is -0.957. The molecule has 24 heavy (non-hydrogen) atoms. The molecule has 7 heteroatoms. The number of aliphatic carboxylic acids is 1. The Kier molecular flexibility index (Phi) is 4.35. The Balaban J connectivity index is 1.90. The summed E-state index contributed by atoms with van der Waals surface area (Å²) in [6.45, 7) is 1.46. The number of rotatable bonds is 4. The molecule has 0 bridgehead atoms. The van der Waals surface area contributed by atoms with Crippen molar-refractivity contribution < 1.29 is 19.4 Å². The Morgan fingerprint density at radius 2 is 1.92 bits per heavy atom. The zero-order valence-electron chi connectivity index (χ0n) is 13.2. The van der Waals surface area contributed by atoms with E-state index >= 15 is 0 Å². The number of anilines is 2. The maximum Gasteiger partial charge on any atom is 0.344 e. The Labute approximate surface area is 143 Å². The molecule has 0 saturated heterocycles. The average Bonchev–Trinajstić information content (AvgIpc) is 2.59. The lowest BCUT2D eigenvalue weighted by atomic mass is 10.2. The summed E-state index contributed by atoms with van der Waals surface area (Å²) < 4.78 is 6.99. The maximum absolute atomic E-state index is 12.6. The van der Waals surface area contributed by atoms with Gasteiger partial charge < -0.3 is 9.84 Å². The molecule has 1 aliphatic heterocycles. The number of ether oxygens (including phenoxy) is 1. The Bertz CT molecular complexity index is 781. The van der Waals surface area contributed by atoms with Gasteiger partial charge in [0.2, 0.25) is 0 Å². The van der Waals surface area contributed by atoms with Gasteiger partial charge in [-0.1, -0.05) is 18.2 Å². The molecule has 2 aromatic carbocycles. The lowest BCUT2D eigenvalue weighted by Crippen LogP contribution is -2.40. The highest BCUT2D eigenvalue weighted by Crippen LogP contribution is 2.42. The molecule has 2 amide bonds. The van der Waals surface area contributed by atoms with E-state index in [0.717, 1.165) is 10.6 Å². The first-order chi connectivity index (χ1) is 11.5. The molecule has 1 heterocycles. The van der Waals surface area contributed by atoms with Gasteiger partial charge in [-0.2, -0.15) is 0 Å². The van der Waals surface area contributed by atoms with Crippen LogP contribution in [-0.4, -0.2) is 30.3 Å². The normalized spacial score (nSPS) is 15.0. The number of carboxylic acids is 1. The number of carbonyl (C=O) groups excluding carboxylic acids is 1. The molecule has 1 atom stereocenters. The molecule has 124 valence electrons. The highest BCUT2D eigenvalue weighted by Gasteiger charge is 2.30. The Morgan fingerprint density at radius 1 is 1.21 bits per heavy atom. The number of carbonyl (C=O) groups is 2. The lowest BCUT2D eigenvalue weighted by Gasteiger charge is -2.33. The summed E-state index contributed by atoms with van der Waals surface area (Å²) in [5, 5.41) is 8.94. The number of nitrogens with zero attached hydrogens (tertiary/aromatic N) is 2. The third-order valence-corrected chi connectivity index (χ3v) is 4.68. The van der Waals surface area contributed by atoms with Gasteiger partial charge in [0.05, 0.1) is 16.3 Å². The molecule has 0 saturated carbocycles. The van der Waals surface area contributed by atoms with Crippen LogP contribution in [0.4, 0.5) is 16.2 Å². The minimum absolute atomic E-state index is 0.179. The molecule has 0 unspecified atom stereocenters. The molecule has 0 aromatic heterocycles. The van der Waals surface area contributed by atoms with Gasteiger partial charge in [-0.05, 0) is 43.1 Å². The number of urea groups is 1. The highest BCUT2D eigenvalue weighted by molar-refractivity contribution is 8.01. The molecule has 3 rings (SSSR count). The van der Waals surface area contributed by atoms with Crippen molar-refractivity contribution in [1.29, 1.82) is 0 Å². The minimum Gasteiger partial charge on any atom is -0.479 e. The first kappa shape index (κ1) is 16.2. The van der Waals surface area contributed by atoms with Gasteiger partial charge >= 0.3 is 12.0 Å². The number of para-hydroxylation sites is 1. The molecular formula is C17H16N2O4S. The fourth-order valence-electron chi connectivity index (χ4n) is 2.27. The third kappa shape index (κ3) is 3.03. The molecule has 2 aromatic rings. The van der Waals surface area contributed by atoms with Crippen LogP contribution < -0.4 is 13.9 Å². The van der Waals surface area contributed by atoms with Crippen LogP contribution >= 0.6 is 11.9 Å². The molecule has 1 N–H and O–H groups in total. The highest BCUT2D eigenvalue weighted by atomic mass is 32.2. The monoisotopic (exact) mass is 344 g/mol. The topological polar surface area (TPSA) is 70.1 Å². The standard InChI is InChI=1S/C17H16N2O4S/c1-11(16(20)21)23-13-8-9-15-14(10-13)18(2)17(22)19(24-15)12-6-4-3-5-7-12/h3-11H,1-2H3,(H,20,21)/t11-/m1/s1. The largest absolute Gasteiger partial charge is 0.479 e. The summed E-state index contributed by atoms with van der Waals surface area (Å²) in [7, 11) is 1.68. The van der Waals surface area contributed by atoms with E-state index in [1.54, 1.807) is 23.5 Å². The number of hydrogen-bond donors (Lipinski definition) is 1. The first-order valence-corrected chi connectivity index (χ1v) is 8.09. The van der Waals surface area contributed by atoms with E-state index in [1.165, 1.54) is 23.8 Å². The molecule has 0 radical (unpaired) electrons. The number of hydrogen-bond acceptors (Lipinski definition) is 4. The van der Waals surface area contributed by atoms with Crippen LogP contribution in [0.25, 0.3) is 0 Å². The lowest BCUT2D eigenvalue weighted by molar-refractivity contribution is -0.144. The van der Waals surface area contributed by atoms with Crippen LogP contribution in [0.15, 0.2) is 53.4 Å². The summed E-state index contributed by atoms with van der Waals surface area (Å²) >= 11 is 1.33. The predicted octanol–water partition coefficient (Wildman–Crippen LogP) is 3.62. The van der Waals surface area contributed by atoms with E-state index in [0.29, 0.717) is 11.4 Å². The minimum atomic E-state index is -1.04. The van der Waals surface area contributed by atoms with Crippen molar-refractivity contribution in [2.45, 2.75) is 17.9 Å². The fourth-order valence-corrected chi connectivity index (χ4v) is 3.31. The SMILES string of the molecule is C[C@@H](Oc1ccc2c(c1)N(C)C(=O)N(c1ccccc1)S2)C(=O)O. The molecule has 0 fully saturated rings. The number of fused-ring (bicyclic) bond motifs is 1. The van der Waals surface area contributed by atoms with E-state index in [1.807, 2.05) is 36.4 Å². The molecule has 0 aliphatic carbocycles. The van der Waals surface area contributed by atoms with E-state index < -0.39 is 12.1 Å².